The molecule has 16 heavy (non-hydrogen) atoms. The van der Waals surface area contributed by atoms with Crippen molar-refractivity contribution in [2.45, 2.75) is 0 Å². The van der Waals surface area contributed by atoms with Gasteiger partial charge in [-0.05, 0) is 16.8 Å². The van der Waals surface area contributed by atoms with Gasteiger partial charge >= 0.3 is 5.97 Å². The van der Waals surface area contributed by atoms with Crippen LogP contribution in [-0.4, -0.2) is 38.4 Å². The number of aromatic carboxylic acids is 1. The fourth-order valence-corrected chi connectivity index (χ4v) is 1.41. The summed E-state index contributed by atoms with van der Waals surface area (Å²) < 4.78 is 0. The monoisotopic (exact) mass is 665 g/mol. The predicted molar refractivity (Wildman–Crippen MR) is 56.7 cm³/mol. The van der Waals surface area contributed by atoms with Crippen LogP contribution in [-0.2, 0) is 41.5 Å². The number of carboxylic acid groups (broad SMARTS) is 1. The first-order chi connectivity index (χ1) is 6.29. The van der Waals surface area contributed by atoms with Crippen LogP contribution in [0.3, 0.4) is 0 Å². The molecule has 0 spiro atoms. The Kier molecular flexibility index (Phi) is 10.0. The third kappa shape index (κ3) is 4.03. The average molecular weight is 662 g/mol. The van der Waals surface area contributed by atoms with Crippen molar-refractivity contribution in [3.8, 4) is 0 Å². The Labute approximate surface area is 142 Å². The molecule has 1 N–H and O–H groups in total. The van der Waals surface area contributed by atoms with E-state index in [-0.39, 0.29) is 68.8 Å². The summed E-state index contributed by atoms with van der Waals surface area (Å²) in [7, 11) is 0. The molecule has 0 unspecified atom stereocenters. The SMILES string of the molecule is O=C(O)c1cccc2ccccc12.[Mo].[Pb].[Re]. The molecular formula is C11H8MoO2PbRe. The molecule has 0 aliphatic heterocycles. The maximum absolute atomic E-state index is 10.8. The van der Waals surface area contributed by atoms with Gasteiger partial charge in [-0.25, -0.2) is 4.79 Å². The summed E-state index contributed by atoms with van der Waals surface area (Å²) in [5.41, 5.74) is 0.359. The molecule has 0 amide bonds. The van der Waals surface area contributed by atoms with Gasteiger partial charge in [0.15, 0.2) is 0 Å². The Morgan fingerprint density at radius 3 is 2.19 bits per heavy atom. The first kappa shape index (κ1) is 18.8. The summed E-state index contributed by atoms with van der Waals surface area (Å²) in [6.07, 6.45) is 0. The molecule has 0 bridgehead atoms. The van der Waals surface area contributed by atoms with Crippen molar-refractivity contribution < 1.29 is 51.4 Å². The molecule has 0 saturated heterocycles. The van der Waals surface area contributed by atoms with Crippen LogP contribution in [0.1, 0.15) is 10.4 Å². The quantitative estimate of drug-likeness (QED) is 0.477. The number of carboxylic acids is 1. The molecule has 2 aromatic rings. The van der Waals surface area contributed by atoms with Gasteiger partial charge in [0.05, 0.1) is 5.56 Å². The Morgan fingerprint density at radius 2 is 1.56 bits per heavy atom. The first-order valence-electron chi connectivity index (χ1n) is 4.00. The second kappa shape index (κ2) is 8.52. The van der Waals surface area contributed by atoms with Crippen LogP contribution in [0.2, 0.25) is 0 Å². The van der Waals surface area contributed by atoms with E-state index in [1.165, 1.54) is 0 Å². The minimum atomic E-state index is -0.878. The number of fused-ring (bicyclic) bond motifs is 1. The minimum Gasteiger partial charge on any atom is -0.478 e. The zero-order chi connectivity index (χ0) is 9.26. The van der Waals surface area contributed by atoms with E-state index in [0.717, 1.165) is 10.8 Å². The van der Waals surface area contributed by atoms with Crippen molar-refractivity contribution in [3.63, 3.8) is 0 Å². The van der Waals surface area contributed by atoms with E-state index in [0.29, 0.717) is 5.56 Å². The molecule has 5 radical (unpaired) electrons. The van der Waals surface area contributed by atoms with Gasteiger partial charge in [0.25, 0.3) is 0 Å². The topological polar surface area (TPSA) is 37.3 Å². The molecule has 0 atom stereocenters. The van der Waals surface area contributed by atoms with Crippen molar-refractivity contribution in [3.05, 3.63) is 48.0 Å². The van der Waals surface area contributed by atoms with E-state index < -0.39 is 5.97 Å². The van der Waals surface area contributed by atoms with Crippen LogP contribution in [0.4, 0.5) is 0 Å². The summed E-state index contributed by atoms with van der Waals surface area (Å²) in [4.78, 5) is 10.8. The number of benzene rings is 2. The van der Waals surface area contributed by atoms with Crippen molar-refractivity contribution in [1.82, 2.24) is 0 Å². The molecule has 0 fully saturated rings. The number of carbonyl (C=O) groups is 1. The van der Waals surface area contributed by atoms with Gasteiger partial charge in [-0.3, -0.25) is 0 Å². The Bertz CT molecular complexity index is 471. The average Bonchev–Trinajstić information content (AvgIpc) is 2.17. The van der Waals surface area contributed by atoms with Crippen molar-refractivity contribution in [1.29, 1.82) is 0 Å². The van der Waals surface area contributed by atoms with Crippen LogP contribution in [0.15, 0.2) is 42.5 Å². The minimum absolute atomic E-state index is 0. The smallest absolute Gasteiger partial charge is 0.336 e. The third-order valence-corrected chi connectivity index (χ3v) is 2.02. The van der Waals surface area contributed by atoms with Gasteiger partial charge < -0.3 is 5.11 Å². The molecule has 5 heteroatoms. The maximum Gasteiger partial charge on any atom is 0.336 e. The molecule has 81 valence electrons. The number of hydrogen-bond donors (Lipinski definition) is 1. The second-order valence-corrected chi connectivity index (χ2v) is 2.83. The summed E-state index contributed by atoms with van der Waals surface area (Å²) in [6.45, 7) is 0. The molecule has 2 nitrogen and oxygen atoms in total. The van der Waals surface area contributed by atoms with Gasteiger partial charge in [0.1, 0.15) is 0 Å². The van der Waals surface area contributed by atoms with Gasteiger partial charge in [0.2, 0.25) is 0 Å². The van der Waals surface area contributed by atoms with Crippen molar-refractivity contribution in [2.24, 2.45) is 0 Å². The number of hydrogen-bond acceptors (Lipinski definition) is 1. The molecule has 2 rings (SSSR count). The van der Waals surface area contributed by atoms with Crippen LogP contribution >= 0.6 is 0 Å². The summed E-state index contributed by atoms with van der Waals surface area (Å²) in [6, 6.07) is 12.7. The van der Waals surface area contributed by atoms with Gasteiger partial charge in [-0.15, -0.1) is 0 Å². The molecule has 0 saturated carbocycles. The first-order valence-corrected chi connectivity index (χ1v) is 4.00. The third-order valence-electron chi connectivity index (χ3n) is 2.02. The van der Waals surface area contributed by atoms with Crippen molar-refractivity contribution in [2.75, 3.05) is 0 Å². The van der Waals surface area contributed by atoms with E-state index in [1.54, 1.807) is 12.1 Å². The summed E-state index contributed by atoms with van der Waals surface area (Å²) >= 11 is 0. The summed E-state index contributed by atoms with van der Waals surface area (Å²) in [5, 5.41) is 10.6. The van der Waals surface area contributed by atoms with E-state index in [9.17, 15) is 4.79 Å². The van der Waals surface area contributed by atoms with Crippen LogP contribution < -0.4 is 0 Å². The maximum atomic E-state index is 10.8. The van der Waals surface area contributed by atoms with Crippen molar-refractivity contribution >= 4 is 44.0 Å². The van der Waals surface area contributed by atoms with Gasteiger partial charge in [0, 0.05) is 68.8 Å². The Balaban J connectivity index is 0. The predicted octanol–water partition coefficient (Wildman–Crippen LogP) is 2.15. The van der Waals surface area contributed by atoms with E-state index in [2.05, 4.69) is 0 Å². The Hall–Kier alpha value is 0.443. The number of rotatable bonds is 1. The second-order valence-electron chi connectivity index (χ2n) is 2.83. The van der Waals surface area contributed by atoms with Crippen LogP contribution in [0.5, 0.6) is 0 Å². The normalized spacial score (nSPS) is 8.25. The molecular weight excluding hydrogens is 653 g/mol. The fraction of sp³-hybridized carbons (Fsp3) is 0. The van der Waals surface area contributed by atoms with Gasteiger partial charge in [-0.1, -0.05) is 36.4 Å². The molecule has 0 aliphatic rings. The van der Waals surface area contributed by atoms with Crippen LogP contribution in [0.25, 0.3) is 10.8 Å². The standard InChI is InChI=1S/C11H8O2.Mo.Pb.Re/c12-11(13)10-7-3-5-8-4-1-2-6-9(8)10;;;/h1-7H,(H,12,13);;;. The Morgan fingerprint density at radius 1 is 1.00 bits per heavy atom. The fourth-order valence-electron chi connectivity index (χ4n) is 1.41. The molecule has 2 aromatic carbocycles. The van der Waals surface area contributed by atoms with Crippen LogP contribution in [0, 0.1) is 0 Å². The van der Waals surface area contributed by atoms with E-state index >= 15 is 0 Å². The zero-order valence-corrected chi connectivity index (χ0v) is 16.8. The largest absolute Gasteiger partial charge is 0.478 e. The van der Waals surface area contributed by atoms with Gasteiger partial charge in [-0.2, -0.15) is 0 Å². The van der Waals surface area contributed by atoms with E-state index in [4.69, 9.17) is 5.11 Å². The molecule has 0 aliphatic carbocycles. The van der Waals surface area contributed by atoms with E-state index in [1.807, 2.05) is 30.3 Å². The molecule has 0 aromatic heterocycles. The molecule has 0 heterocycles. The zero-order valence-electron chi connectivity index (χ0n) is 8.18. The summed E-state index contributed by atoms with van der Waals surface area (Å²) in [5.74, 6) is -0.878.